The second-order valence-corrected chi connectivity index (χ2v) is 9.12. The van der Waals surface area contributed by atoms with Crippen LogP contribution in [0.3, 0.4) is 0 Å². The molecule has 0 spiro atoms. The largest absolute Gasteiger partial charge is 0.450 e. The molecule has 0 atom stereocenters. The molecule has 1 aliphatic carbocycles. The van der Waals surface area contributed by atoms with Crippen molar-refractivity contribution < 1.29 is 22.8 Å². The van der Waals surface area contributed by atoms with E-state index < -0.39 is 24.2 Å². The molecule has 0 radical (unpaired) electrons. The predicted molar refractivity (Wildman–Crippen MR) is 118 cm³/mol. The van der Waals surface area contributed by atoms with Gasteiger partial charge in [-0.25, -0.2) is 0 Å². The monoisotopic (exact) mass is 438 g/mol. The average molecular weight is 439 g/mol. The Morgan fingerprint density at radius 2 is 1.39 bits per heavy atom. The van der Waals surface area contributed by atoms with Crippen LogP contribution in [0.5, 0.6) is 0 Å². The molecule has 5 heteroatoms. The minimum absolute atomic E-state index is 0.171. The number of carbonyl (C=O) groups excluding carboxylic acids is 2. The molecule has 0 aromatic heterocycles. The lowest BCUT2D eigenvalue weighted by Crippen LogP contribution is -2.25. The van der Waals surface area contributed by atoms with Crippen molar-refractivity contribution in [2.24, 2.45) is 5.92 Å². The zero-order chi connectivity index (χ0) is 22.7. The van der Waals surface area contributed by atoms with Gasteiger partial charge in [-0.15, -0.1) is 0 Å². The van der Waals surface area contributed by atoms with Gasteiger partial charge in [-0.2, -0.15) is 13.2 Å². The fourth-order valence-electron chi connectivity index (χ4n) is 4.64. The Bertz CT molecular complexity index is 671. The highest BCUT2D eigenvalue weighted by Gasteiger charge is 2.39. The molecule has 0 N–H and O–H groups in total. The number of benzene rings is 1. The van der Waals surface area contributed by atoms with E-state index in [1.165, 1.54) is 70.6 Å². The number of rotatable bonds is 13. The van der Waals surface area contributed by atoms with E-state index in [2.05, 4.69) is 6.92 Å². The lowest BCUT2D eigenvalue weighted by molar-refractivity contribution is -0.170. The summed E-state index contributed by atoms with van der Waals surface area (Å²) in [7, 11) is 0. The van der Waals surface area contributed by atoms with Gasteiger partial charge in [0.1, 0.15) is 0 Å². The van der Waals surface area contributed by atoms with E-state index in [9.17, 15) is 22.8 Å². The van der Waals surface area contributed by atoms with Gasteiger partial charge < -0.3 is 0 Å². The van der Waals surface area contributed by atoms with Crippen LogP contribution in [0, 0.1) is 5.92 Å². The molecular weight excluding hydrogens is 401 g/mol. The number of hydrogen-bond acceptors (Lipinski definition) is 2. The maximum absolute atomic E-state index is 12.3. The minimum Gasteiger partial charge on any atom is -0.294 e. The average Bonchev–Trinajstić information content (AvgIpc) is 2.75. The Morgan fingerprint density at radius 1 is 0.839 bits per heavy atom. The standard InChI is InChI=1S/C26H37F3O2/c1-2-3-4-5-6-7-8-9-10-20-11-13-21(14-12-20)22-15-17-23(18-16-22)24(30)19-25(31)26(27,28)29/h15-18,20-21H,2-14,19H2,1H3. The third-order valence-electron chi connectivity index (χ3n) is 6.65. The molecule has 1 aromatic carbocycles. The highest BCUT2D eigenvalue weighted by atomic mass is 19.4. The summed E-state index contributed by atoms with van der Waals surface area (Å²) in [4.78, 5) is 22.9. The Balaban J connectivity index is 1.67. The molecule has 2 rings (SSSR count). The first-order chi connectivity index (χ1) is 14.8. The number of hydrogen-bond donors (Lipinski definition) is 0. The SMILES string of the molecule is CCCCCCCCCCC1CCC(c2ccc(C(=O)CC(=O)C(F)(F)F)cc2)CC1. The third-order valence-corrected chi connectivity index (χ3v) is 6.65. The van der Waals surface area contributed by atoms with Crippen molar-refractivity contribution in [2.45, 2.75) is 109 Å². The number of ketones is 2. The van der Waals surface area contributed by atoms with Crippen LogP contribution in [0.2, 0.25) is 0 Å². The van der Waals surface area contributed by atoms with Crippen molar-refractivity contribution in [1.29, 1.82) is 0 Å². The molecule has 0 unspecified atom stereocenters. The molecular formula is C26H37F3O2. The van der Waals surface area contributed by atoms with E-state index in [0.717, 1.165) is 24.3 Å². The van der Waals surface area contributed by atoms with E-state index in [0.29, 0.717) is 5.92 Å². The summed E-state index contributed by atoms with van der Waals surface area (Å²) in [6, 6.07) is 6.81. The van der Waals surface area contributed by atoms with Gasteiger partial charge in [0.25, 0.3) is 0 Å². The van der Waals surface area contributed by atoms with Crippen molar-refractivity contribution >= 4 is 11.6 Å². The summed E-state index contributed by atoms with van der Waals surface area (Å²) in [5.74, 6) is -1.50. The van der Waals surface area contributed by atoms with Crippen LogP contribution in [-0.4, -0.2) is 17.7 Å². The second kappa shape index (κ2) is 13.0. The maximum atomic E-state index is 12.3. The van der Waals surface area contributed by atoms with Gasteiger partial charge in [-0.1, -0.05) is 89.0 Å². The van der Waals surface area contributed by atoms with Gasteiger partial charge in [0.15, 0.2) is 5.78 Å². The van der Waals surface area contributed by atoms with Crippen LogP contribution in [0.1, 0.15) is 119 Å². The Labute approximate surface area is 185 Å². The number of Topliss-reactive ketones (excluding diaryl/α,β-unsaturated/α-hetero) is 2. The molecule has 174 valence electrons. The Morgan fingerprint density at radius 3 is 1.94 bits per heavy atom. The van der Waals surface area contributed by atoms with Gasteiger partial charge >= 0.3 is 6.18 Å². The normalized spacial score (nSPS) is 19.4. The first-order valence-electron chi connectivity index (χ1n) is 12.0. The summed E-state index contributed by atoms with van der Waals surface area (Å²) in [6.07, 6.45) is 10.8. The molecule has 0 saturated heterocycles. The van der Waals surface area contributed by atoms with Crippen molar-refractivity contribution in [3.05, 3.63) is 35.4 Å². The molecule has 1 saturated carbocycles. The molecule has 0 heterocycles. The summed E-state index contributed by atoms with van der Waals surface area (Å²) in [5.41, 5.74) is 1.31. The van der Waals surface area contributed by atoms with Crippen LogP contribution in [-0.2, 0) is 4.79 Å². The molecule has 2 nitrogen and oxygen atoms in total. The van der Waals surface area contributed by atoms with Gasteiger partial charge in [0.2, 0.25) is 5.78 Å². The van der Waals surface area contributed by atoms with E-state index in [1.807, 2.05) is 12.1 Å². The first kappa shape index (κ1) is 25.6. The van der Waals surface area contributed by atoms with E-state index in [4.69, 9.17) is 0 Å². The fraction of sp³-hybridized carbons (Fsp3) is 0.692. The van der Waals surface area contributed by atoms with Crippen LogP contribution >= 0.6 is 0 Å². The lowest BCUT2D eigenvalue weighted by Gasteiger charge is -2.29. The smallest absolute Gasteiger partial charge is 0.294 e. The molecule has 1 aliphatic rings. The van der Waals surface area contributed by atoms with Crippen LogP contribution in [0.15, 0.2) is 24.3 Å². The van der Waals surface area contributed by atoms with Crippen molar-refractivity contribution in [1.82, 2.24) is 0 Å². The minimum atomic E-state index is -4.96. The maximum Gasteiger partial charge on any atom is 0.450 e. The van der Waals surface area contributed by atoms with E-state index >= 15 is 0 Å². The molecule has 1 fully saturated rings. The van der Waals surface area contributed by atoms with Gasteiger partial charge in [-0.05, 0) is 43.1 Å². The van der Waals surface area contributed by atoms with Crippen LogP contribution in [0.25, 0.3) is 0 Å². The molecule has 0 aliphatic heterocycles. The van der Waals surface area contributed by atoms with E-state index in [1.54, 1.807) is 12.1 Å². The van der Waals surface area contributed by atoms with Crippen LogP contribution in [0.4, 0.5) is 13.2 Å². The van der Waals surface area contributed by atoms with Crippen molar-refractivity contribution in [3.63, 3.8) is 0 Å². The zero-order valence-corrected chi connectivity index (χ0v) is 18.8. The molecule has 1 aromatic rings. The Kier molecular flexibility index (Phi) is 10.8. The second-order valence-electron chi connectivity index (χ2n) is 9.12. The first-order valence-corrected chi connectivity index (χ1v) is 12.0. The number of carbonyl (C=O) groups is 2. The topological polar surface area (TPSA) is 34.1 Å². The lowest BCUT2D eigenvalue weighted by atomic mass is 9.77. The fourth-order valence-corrected chi connectivity index (χ4v) is 4.64. The quantitative estimate of drug-likeness (QED) is 0.177. The highest BCUT2D eigenvalue weighted by molar-refractivity contribution is 6.09. The van der Waals surface area contributed by atoms with Gasteiger partial charge in [-0.3, -0.25) is 9.59 Å². The number of halogens is 3. The molecule has 31 heavy (non-hydrogen) atoms. The summed E-state index contributed by atoms with van der Waals surface area (Å²) in [5, 5.41) is 0. The molecule has 0 bridgehead atoms. The molecule has 0 amide bonds. The summed E-state index contributed by atoms with van der Waals surface area (Å²) in [6.45, 7) is 2.25. The zero-order valence-electron chi connectivity index (χ0n) is 18.8. The number of unbranched alkanes of at least 4 members (excludes halogenated alkanes) is 7. The summed E-state index contributed by atoms with van der Waals surface area (Å²) >= 11 is 0. The van der Waals surface area contributed by atoms with E-state index in [-0.39, 0.29) is 5.56 Å². The number of alkyl halides is 3. The predicted octanol–water partition coefficient (Wildman–Crippen LogP) is 8.20. The third kappa shape index (κ3) is 9.16. The Hall–Kier alpha value is -1.65. The highest BCUT2D eigenvalue weighted by Crippen LogP contribution is 2.38. The van der Waals surface area contributed by atoms with Gasteiger partial charge in [0, 0.05) is 5.56 Å². The van der Waals surface area contributed by atoms with Crippen molar-refractivity contribution in [3.8, 4) is 0 Å². The van der Waals surface area contributed by atoms with Gasteiger partial charge in [0.05, 0.1) is 6.42 Å². The summed E-state index contributed by atoms with van der Waals surface area (Å²) < 4.78 is 37.0. The van der Waals surface area contributed by atoms with Crippen molar-refractivity contribution in [2.75, 3.05) is 0 Å². The van der Waals surface area contributed by atoms with Crippen LogP contribution < -0.4 is 0 Å².